The summed E-state index contributed by atoms with van der Waals surface area (Å²) in [7, 11) is 0. The molecule has 2 N–H and O–H groups in total. The molecule has 2 aliphatic heterocycles. The largest absolute Gasteiger partial charge is 0.348 e. The molecule has 0 radical (unpaired) electrons. The van der Waals surface area contributed by atoms with Crippen molar-refractivity contribution in [3.05, 3.63) is 29.3 Å². The van der Waals surface area contributed by atoms with Crippen molar-refractivity contribution in [3.63, 3.8) is 0 Å². The molecule has 1 atom stereocenters. The summed E-state index contributed by atoms with van der Waals surface area (Å²) < 4.78 is 28.7. The second-order valence-electron chi connectivity index (χ2n) is 5.53. The molecule has 0 aromatic heterocycles. The van der Waals surface area contributed by atoms with E-state index in [9.17, 15) is 18.4 Å². The van der Waals surface area contributed by atoms with Gasteiger partial charge in [0.25, 0.3) is 5.91 Å². The Balaban J connectivity index is 1.69. The highest BCUT2D eigenvalue weighted by molar-refractivity contribution is 6.01. The number of alkyl halides is 2. The maximum absolute atomic E-state index is 12.4. The average Bonchev–Trinajstić information content (AvgIpc) is 3.13. The Morgan fingerprint density at radius 2 is 2.30 bits per heavy atom. The zero-order chi connectivity index (χ0) is 16.4. The van der Waals surface area contributed by atoms with E-state index in [4.69, 9.17) is 0 Å². The molecule has 3 rings (SSSR count). The van der Waals surface area contributed by atoms with Gasteiger partial charge in [0.2, 0.25) is 0 Å². The molecule has 0 saturated carbocycles. The van der Waals surface area contributed by atoms with Gasteiger partial charge in [0.15, 0.2) is 0 Å². The number of carbonyl (C=O) groups is 2. The van der Waals surface area contributed by atoms with Crippen molar-refractivity contribution in [1.29, 1.82) is 0 Å². The fourth-order valence-corrected chi connectivity index (χ4v) is 3.02. The number of halogens is 2. The molecule has 2 heterocycles. The van der Waals surface area contributed by atoms with E-state index in [1.54, 1.807) is 18.2 Å². The van der Waals surface area contributed by atoms with Gasteiger partial charge in [0.05, 0.1) is 12.6 Å². The van der Waals surface area contributed by atoms with Crippen LogP contribution in [-0.4, -0.2) is 42.6 Å². The Labute approximate surface area is 131 Å². The topological polar surface area (TPSA) is 70.7 Å². The molecule has 1 unspecified atom stereocenters. The molecular formula is C15H17F2N3O3. The maximum atomic E-state index is 12.4. The Morgan fingerprint density at radius 3 is 3.09 bits per heavy atom. The normalized spacial score (nSPS) is 19.9. The molecular weight excluding hydrogens is 308 g/mol. The summed E-state index contributed by atoms with van der Waals surface area (Å²) in [5.41, 5.74) is 1.85. The second kappa shape index (κ2) is 6.49. The van der Waals surface area contributed by atoms with Gasteiger partial charge in [-0.2, -0.15) is 8.78 Å². The van der Waals surface area contributed by atoms with Crippen LogP contribution in [0.2, 0.25) is 0 Å². The predicted molar refractivity (Wildman–Crippen MR) is 78.3 cm³/mol. The third-order valence-corrected chi connectivity index (χ3v) is 4.14. The first-order valence-electron chi connectivity index (χ1n) is 7.43. The van der Waals surface area contributed by atoms with Crippen LogP contribution < -0.4 is 10.6 Å². The number of amides is 3. The fourth-order valence-electron chi connectivity index (χ4n) is 3.02. The molecule has 6 nitrogen and oxygen atoms in total. The summed E-state index contributed by atoms with van der Waals surface area (Å²) in [6.07, 6.45) is 1.38. The molecule has 1 aromatic carbocycles. The monoisotopic (exact) mass is 325 g/mol. The number of anilines is 1. The summed E-state index contributed by atoms with van der Waals surface area (Å²) in [5, 5.41) is 5.48. The Kier molecular flexibility index (Phi) is 4.42. The minimum absolute atomic E-state index is 0.166. The van der Waals surface area contributed by atoms with Crippen molar-refractivity contribution in [1.82, 2.24) is 10.2 Å². The molecule has 8 heteroatoms. The van der Waals surface area contributed by atoms with E-state index in [1.165, 1.54) is 4.90 Å². The SMILES string of the molecule is O=C1NCc2c(NC(=O)N3CCCC3COC(F)F)cccc21. The van der Waals surface area contributed by atoms with E-state index in [0.717, 1.165) is 12.0 Å². The lowest BCUT2D eigenvalue weighted by atomic mass is 10.1. The second-order valence-corrected chi connectivity index (χ2v) is 5.53. The maximum Gasteiger partial charge on any atom is 0.345 e. The third kappa shape index (κ3) is 3.26. The summed E-state index contributed by atoms with van der Waals surface area (Å²) in [6.45, 7) is -2.16. The van der Waals surface area contributed by atoms with Gasteiger partial charge in [-0.3, -0.25) is 4.79 Å². The van der Waals surface area contributed by atoms with Crippen LogP contribution in [-0.2, 0) is 11.3 Å². The van der Waals surface area contributed by atoms with E-state index in [0.29, 0.717) is 30.8 Å². The minimum Gasteiger partial charge on any atom is -0.348 e. The van der Waals surface area contributed by atoms with Crippen LogP contribution in [0.5, 0.6) is 0 Å². The molecule has 2 aliphatic rings. The first kappa shape index (κ1) is 15.7. The van der Waals surface area contributed by atoms with Crippen LogP contribution >= 0.6 is 0 Å². The van der Waals surface area contributed by atoms with Gasteiger partial charge in [-0.1, -0.05) is 6.07 Å². The number of rotatable bonds is 4. The number of benzene rings is 1. The molecule has 1 saturated heterocycles. The zero-order valence-electron chi connectivity index (χ0n) is 12.4. The van der Waals surface area contributed by atoms with Crippen molar-refractivity contribution in [2.75, 3.05) is 18.5 Å². The number of fused-ring (bicyclic) bond motifs is 1. The van der Waals surface area contributed by atoms with Crippen molar-refractivity contribution in [3.8, 4) is 0 Å². The van der Waals surface area contributed by atoms with Crippen LogP contribution in [0.25, 0.3) is 0 Å². The van der Waals surface area contributed by atoms with Gasteiger partial charge in [0, 0.05) is 29.9 Å². The molecule has 0 bridgehead atoms. The van der Waals surface area contributed by atoms with E-state index in [1.807, 2.05) is 0 Å². The number of ether oxygens (including phenoxy) is 1. The quantitative estimate of drug-likeness (QED) is 0.891. The average molecular weight is 325 g/mol. The van der Waals surface area contributed by atoms with Crippen molar-refractivity contribution in [2.45, 2.75) is 32.0 Å². The zero-order valence-corrected chi connectivity index (χ0v) is 12.4. The molecule has 23 heavy (non-hydrogen) atoms. The molecule has 124 valence electrons. The predicted octanol–water partition coefficient (Wildman–Crippen LogP) is 2.17. The Bertz CT molecular complexity index is 624. The van der Waals surface area contributed by atoms with Gasteiger partial charge < -0.3 is 20.3 Å². The number of hydrogen-bond donors (Lipinski definition) is 2. The van der Waals surface area contributed by atoms with Gasteiger partial charge in [-0.25, -0.2) is 4.79 Å². The molecule has 1 fully saturated rings. The number of nitrogens with one attached hydrogen (secondary N) is 2. The Hall–Kier alpha value is -2.22. The highest BCUT2D eigenvalue weighted by Gasteiger charge is 2.30. The summed E-state index contributed by atoms with van der Waals surface area (Å²) in [4.78, 5) is 25.6. The van der Waals surface area contributed by atoms with Gasteiger partial charge in [-0.05, 0) is 25.0 Å². The summed E-state index contributed by atoms with van der Waals surface area (Å²) in [5.74, 6) is -0.166. The van der Waals surface area contributed by atoms with E-state index < -0.39 is 6.61 Å². The summed E-state index contributed by atoms with van der Waals surface area (Å²) in [6, 6.07) is 4.39. The number of carbonyl (C=O) groups excluding carboxylic acids is 2. The van der Waals surface area contributed by atoms with E-state index in [-0.39, 0.29) is 24.6 Å². The van der Waals surface area contributed by atoms with Crippen LogP contribution in [0.15, 0.2) is 18.2 Å². The molecule has 1 aromatic rings. The highest BCUT2D eigenvalue weighted by Crippen LogP contribution is 2.26. The highest BCUT2D eigenvalue weighted by atomic mass is 19.3. The lowest BCUT2D eigenvalue weighted by molar-refractivity contribution is -0.137. The van der Waals surface area contributed by atoms with Gasteiger partial charge in [-0.15, -0.1) is 0 Å². The fraction of sp³-hybridized carbons (Fsp3) is 0.467. The van der Waals surface area contributed by atoms with Crippen molar-refractivity contribution < 1.29 is 23.1 Å². The van der Waals surface area contributed by atoms with E-state index in [2.05, 4.69) is 15.4 Å². The molecule has 0 spiro atoms. The van der Waals surface area contributed by atoms with Crippen molar-refractivity contribution in [2.24, 2.45) is 0 Å². The first-order chi connectivity index (χ1) is 11.1. The number of likely N-dealkylation sites (tertiary alicyclic amines) is 1. The minimum atomic E-state index is -2.84. The van der Waals surface area contributed by atoms with E-state index >= 15 is 0 Å². The number of urea groups is 1. The van der Waals surface area contributed by atoms with Crippen LogP contribution in [0, 0.1) is 0 Å². The van der Waals surface area contributed by atoms with Crippen molar-refractivity contribution >= 4 is 17.6 Å². The first-order valence-corrected chi connectivity index (χ1v) is 7.43. The van der Waals surface area contributed by atoms with Crippen LogP contribution in [0.4, 0.5) is 19.3 Å². The van der Waals surface area contributed by atoms with Crippen LogP contribution in [0.3, 0.4) is 0 Å². The van der Waals surface area contributed by atoms with Gasteiger partial charge >= 0.3 is 12.6 Å². The lowest BCUT2D eigenvalue weighted by Gasteiger charge is -2.25. The number of hydrogen-bond acceptors (Lipinski definition) is 3. The number of nitrogens with zero attached hydrogens (tertiary/aromatic N) is 1. The molecule has 3 amide bonds. The summed E-state index contributed by atoms with van der Waals surface area (Å²) >= 11 is 0. The molecule has 0 aliphatic carbocycles. The third-order valence-electron chi connectivity index (χ3n) is 4.14. The lowest BCUT2D eigenvalue weighted by Crippen LogP contribution is -2.41. The Morgan fingerprint density at radius 1 is 1.48 bits per heavy atom. The smallest absolute Gasteiger partial charge is 0.345 e. The van der Waals surface area contributed by atoms with Gasteiger partial charge in [0.1, 0.15) is 0 Å². The van der Waals surface area contributed by atoms with Crippen LogP contribution in [0.1, 0.15) is 28.8 Å². The standard InChI is InChI=1S/C15H17F2N3O3/c16-14(17)23-8-9-3-2-6-20(9)15(22)19-12-5-1-4-10-11(12)7-18-13(10)21/h1,4-5,9,14H,2-3,6-8H2,(H,18,21)(H,19,22).